The molecule has 5 atom stereocenters. The van der Waals surface area contributed by atoms with Crippen LogP contribution in [-0.2, 0) is 19.1 Å². The van der Waals surface area contributed by atoms with Gasteiger partial charge in [-0.05, 0) is 66.9 Å². The third-order valence-corrected chi connectivity index (χ3v) is 8.12. The maximum atomic E-state index is 13.4. The number of rotatable bonds is 2. The molecule has 4 heteroatoms. The van der Waals surface area contributed by atoms with Gasteiger partial charge in [0.15, 0.2) is 5.78 Å². The molecule has 146 valence electrons. The van der Waals surface area contributed by atoms with Gasteiger partial charge in [-0.2, -0.15) is 0 Å². The third-order valence-electron chi connectivity index (χ3n) is 8.12. The predicted octanol–water partition coefficient (Wildman–Crippen LogP) is 4.19. The van der Waals surface area contributed by atoms with E-state index in [1.807, 2.05) is 12.2 Å². The molecule has 0 saturated heterocycles. The minimum atomic E-state index is -0.266. The number of carbonyl (C=O) groups excluding carboxylic acids is 3. The minimum Gasteiger partial charge on any atom is -0.462 e. The molecule has 3 fully saturated rings. The van der Waals surface area contributed by atoms with Crippen LogP contribution in [0.4, 0.5) is 0 Å². The fraction of sp³-hybridized carbons (Fsp3) is 0.696. The predicted molar refractivity (Wildman–Crippen MR) is 102 cm³/mol. The van der Waals surface area contributed by atoms with E-state index in [0.717, 1.165) is 32.1 Å². The molecule has 0 spiro atoms. The average Bonchev–Trinajstić information content (AvgIpc) is 2.91. The van der Waals surface area contributed by atoms with Crippen molar-refractivity contribution in [2.45, 2.75) is 65.7 Å². The number of ketones is 2. The molecule has 27 heavy (non-hydrogen) atoms. The molecule has 0 radical (unpaired) electrons. The lowest BCUT2D eigenvalue weighted by molar-refractivity contribution is -0.143. The maximum absolute atomic E-state index is 13.4. The normalized spacial score (nSPS) is 42.3. The number of allylic oxidation sites excluding steroid dienone is 2. The zero-order chi connectivity index (χ0) is 19.4. The number of hydrogen-bond acceptors (Lipinski definition) is 4. The molecule has 0 bridgehead atoms. The molecule has 0 aliphatic heterocycles. The lowest BCUT2D eigenvalue weighted by Gasteiger charge is -2.56. The molecule has 4 rings (SSSR count). The highest BCUT2D eigenvalue weighted by Gasteiger charge is 2.60. The number of carbonyl (C=O) groups is 3. The van der Waals surface area contributed by atoms with Crippen LogP contribution in [0.15, 0.2) is 23.3 Å². The molecular weight excluding hydrogens is 340 g/mol. The van der Waals surface area contributed by atoms with E-state index in [4.69, 9.17) is 4.74 Å². The fourth-order valence-corrected chi connectivity index (χ4v) is 6.83. The van der Waals surface area contributed by atoms with Gasteiger partial charge in [0.05, 0.1) is 0 Å². The lowest BCUT2D eigenvalue weighted by atomic mass is 9.47. The summed E-state index contributed by atoms with van der Waals surface area (Å²) < 4.78 is 5.12. The second kappa shape index (κ2) is 6.42. The summed E-state index contributed by atoms with van der Waals surface area (Å²) in [6.45, 7) is 6.21. The molecule has 3 saturated carbocycles. The molecule has 0 aromatic carbocycles. The zero-order valence-corrected chi connectivity index (χ0v) is 16.7. The molecule has 0 unspecified atom stereocenters. The Morgan fingerprint density at radius 3 is 2.70 bits per heavy atom. The van der Waals surface area contributed by atoms with Crippen LogP contribution >= 0.6 is 0 Å². The summed E-state index contributed by atoms with van der Waals surface area (Å²) >= 11 is 0. The second-order valence-corrected chi connectivity index (χ2v) is 9.47. The second-order valence-electron chi connectivity index (χ2n) is 9.47. The van der Waals surface area contributed by atoms with E-state index in [1.165, 1.54) is 18.1 Å². The summed E-state index contributed by atoms with van der Waals surface area (Å²) in [6.07, 6.45) is 9.96. The van der Waals surface area contributed by atoms with E-state index in [1.54, 1.807) is 0 Å². The Hall–Kier alpha value is -1.71. The highest BCUT2D eigenvalue weighted by atomic mass is 16.5. The van der Waals surface area contributed by atoms with Crippen molar-refractivity contribution in [3.8, 4) is 0 Å². The average molecular weight is 370 g/mol. The molecule has 0 aromatic rings. The van der Waals surface area contributed by atoms with E-state index in [0.29, 0.717) is 37.1 Å². The summed E-state index contributed by atoms with van der Waals surface area (Å²) in [5, 5.41) is 0. The third kappa shape index (κ3) is 2.83. The topological polar surface area (TPSA) is 60.4 Å². The summed E-state index contributed by atoms with van der Waals surface area (Å²) in [5.41, 5.74) is 2.30. The first-order valence-corrected chi connectivity index (χ1v) is 10.3. The largest absolute Gasteiger partial charge is 0.462 e. The smallest absolute Gasteiger partial charge is 0.302 e. The van der Waals surface area contributed by atoms with Crippen LogP contribution in [0.3, 0.4) is 0 Å². The van der Waals surface area contributed by atoms with E-state index in [-0.39, 0.29) is 28.5 Å². The van der Waals surface area contributed by atoms with Gasteiger partial charge < -0.3 is 4.74 Å². The Bertz CT molecular complexity index is 760. The summed E-state index contributed by atoms with van der Waals surface area (Å²) in [4.78, 5) is 36.4. The van der Waals surface area contributed by atoms with Crippen molar-refractivity contribution in [3.05, 3.63) is 23.3 Å². The van der Waals surface area contributed by atoms with Crippen molar-refractivity contribution in [2.75, 3.05) is 6.61 Å². The maximum Gasteiger partial charge on any atom is 0.302 e. The van der Waals surface area contributed by atoms with Gasteiger partial charge in [0.25, 0.3) is 0 Å². The SMILES string of the molecule is CC(=O)OCC=C1CC[C@H]2[C@@H]3CCC4=CC(=O)CC[C@]4(C)[C@H]3C(=O)C[C@]12C. The lowest BCUT2D eigenvalue weighted by Crippen LogP contribution is -2.54. The Morgan fingerprint density at radius 1 is 1.19 bits per heavy atom. The van der Waals surface area contributed by atoms with Crippen LogP contribution < -0.4 is 0 Å². The number of hydrogen-bond donors (Lipinski definition) is 0. The first-order chi connectivity index (χ1) is 12.8. The molecular formula is C23H30O4. The quantitative estimate of drug-likeness (QED) is 0.540. The molecule has 4 nitrogen and oxygen atoms in total. The standard InChI is InChI=1S/C23H30O4/c1-14(24)27-11-9-15-5-7-19-18-6-4-16-12-17(25)8-10-22(16,2)21(18)20(26)13-23(15,19)3/h9,12,18-19,21H,4-8,10-11,13H2,1-3H3/t18-,19-,21+,22-,23+/m0/s1. The van der Waals surface area contributed by atoms with E-state index >= 15 is 0 Å². The molecule has 0 amide bonds. The first-order valence-electron chi connectivity index (χ1n) is 10.3. The monoisotopic (exact) mass is 370 g/mol. The van der Waals surface area contributed by atoms with Crippen molar-refractivity contribution < 1.29 is 19.1 Å². The Morgan fingerprint density at radius 2 is 1.96 bits per heavy atom. The van der Waals surface area contributed by atoms with Gasteiger partial charge in [0.1, 0.15) is 12.4 Å². The van der Waals surface area contributed by atoms with Crippen LogP contribution in [0.1, 0.15) is 65.7 Å². The van der Waals surface area contributed by atoms with Crippen molar-refractivity contribution >= 4 is 17.5 Å². The van der Waals surface area contributed by atoms with Crippen LogP contribution in [0.25, 0.3) is 0 Å². The molecule has 0 aromatic heterocycles. The number of ether oxygens (including phenoxy) is 1. The molecule has 4 aliphatic carbocycles. The Labute approximate surface area is 161 Å². The number of fused-ring (bicyclic) bond motifs is 5. The van der Waals surface area contributed by atoms with Crippen LogP contribution in [0, 0.1) is 28.6 Å². The van der Waals surface area contributed by atoms with Crippen molar-refractivity contribution in [2.24, 2.45) is 28.6 Å². The number of esters is 1. The Kier molecular flexibility index (Phi) is 4.44. The van der Waals surface area contributed by atoms with Crippen LogP contribution in [0.5, 0.6) is 0 Å². The van der Waals surface area contributed by atoms with Gasteiger partial charge in [-0.3, -0.25) is 14.4 Å². The van der Waals surface area contributed by atoms with Crippen molar-refractivity contribution in [3.63, 3.8) is 0 Å². The fourth-order valence-electron chi connectivity index (χ4n) is 6.83. The van der Waals surface area contributed by atoms with E-state index in [9.17, 15) is 14.4 Å². The van der Waals surface area contributed by atoms with Gasteiger partial charge in [-0.25, -0.2) is 0 Å². The molecule has 4 aliphatic rings. The van der Waals surface area contributed by atoms with Crippen LogP contribution in [-0.4, -0.2) is 24.1 Å². The summed E-state index contributed by atoms with van der Waals surface area (Å²) in [5.74, 6) is 1.33. The summed E-state index contributed by atoms with van der Waals surface area (Å²) in [6, 6.07) is 0. The van der Waals surface area contributed by atoms with Crippen molar-refractivity contribution in [1.29, 1.82) is 0 Å². The van der Waals surface area contributed by atoms with E-state index in [2.05, 4.69) is 13.8 Å². The van der Waals surface area contributed by atoms with Gasteiger partial charge >= 0.3 is 5.97 Å². The van der Waals surface area contributed by atoms with Gasteiger partial charge in [0.2, 0.25) is 0 Å². The minimum absolute atomic E-state index is 0.0662. The number of Topliss-reactive ketones (excluding diaryl/α,β-unsaturated/α-hetero) is 1. The summed E-state index contributed by atoms with van der Waals surface area (Å²) in [7, 11) is 0. The van der Waals surface area contributed by atoms with Gasteiger partial charge in [-0.1, -0.05) is 25.0 Å². The first kappa shape index (κ1) is 18.6. The Balaban J connectivity index is 1.64. The molecule has 0 heterocycles. The van der Waals surface area contributed by atoms with Gasteiger partial charge in [-0.15, -0.1) is 0 Å². The highest BCUT2D eigenvalue weighted by molar-refractivity contribution is 5.93. The van der Waals surface area contributed by atoms with Gasteiger partial charge in [0, 0.05) is 25.7 Å². The highest BCUT2D eigenvalue weighted by Crippen LogP contribution is 2.65. The van der Waals surface area contributed by atoms with Crippen molar-refractivity contribution in [1.82, 2.24) is 0 Å². The van der Waals surface area contributed by atoms with Crippen LogP contribution in [0.2, 0.25) is 0 Å². The zero-order valence-electron chi connectivity index (χ0n) is 16.7. The molecule has 0 N–H and O–H groups in total. The van der Waals surface area contributed by atoms with E-state index < -0.39 is 0 Å².